The van der Waals surface area contributed by atoms with Crippen molar-refractivity contribution >= 4 is 46.5 Å². The van der Waals surface area contributed by atoms with Crippen molar-refractivity contribution in [3.8, 4) is 22.3 Å². The van der Waals surface area contributed by atoms with Gasteiger partial charge in [0.15, 0.2) is 0 Å². The number of nitrogens with zero attached hydrogens (tertiary/aromatic N) is 6. The Labute approximate surface area is 420 Å². The highest BCUT2D eigenvalue weighted by molar-refractivity contribution is 7.13. The maximum atomic E-state index is 14.1. The summed E-state index contributed by atoms with van der Waals surface area (Å²) in [5.41, 5.74) is 4.40. The van der Waals surface area contributed by atoms with Gasteiger partial charge in [-0.05, 0) is 54.7 Å². The Morgan fingerprint density at radius 2 is 1.67 bits per heavy atom. The average molecular weight is 999 g/mol. The number of amides is 3. The molecule has 18 heteroatoms. The molecular weight excluding hydrogens is 930 g/mol. The van der Waals surface area contributed by atoms with E-state index in [1.807, 2.05) is 76.5 Å². The van der Waals surface area contributed by atoms with Crippen molar-refractivity contribution in [3.05, 3.63) is 93.7 Å². The summed E-state index contributed by atoms with van der Waals surface area (Å²) in [5.74, 6) is 0.174. The molecule has 376 valence electrons. The van der Waals surface area contributed by atoms with Crippen LogP contribution in [-0.4, -0.2) is 131 Å². The molecule has 16 nitrogen and oxygen atoms in total. The molecular formula is C52H68ClN9O7S. The highest BCUT2D eigenvalue weighted by Gasteiger charge is 2.64. The molecule has 3 aliphatic rings. The average Bonchev–Trinajstić information content (AvgIpc) is 3.95. The molecule has 5 N–H and O–H groups in total. The van der Waals surface area contributed by atoms with Gasteiger partial charge in [0.05, 0.1) is 45.4 Å². The quantitative estimate of drug-likeness (QED) is 0.0608. The lowest BCUT2D eigenvalue weighted by Crippen LogP contribution is -2.74. The molecule has 5 atom stereocenters. The number of hydrogen-bond acceptors (Lipinski definition) is 14. The fourth-order valence-corrected chi connectivity index (χ4v) is 11.5. The molecule has 0 radical (unpaired) electrons. The van der Waals surface area contributed by atoms with Crippen molar-refractivity contribution in [2.24, 2.45) is 16.2 Å². The van der Waals surface area contributed by atoms with Crippen molar-refractivity contribution in [1.82, 2.24) is 35.7 Å². The predicted octanol–water partition coefficient (Wildman–Crippen LogP) is 6.01. The summed E-state index contributed by atoms with van der Waals surface area (Å²) in [6.45, 7) is 21.5. The molecule has 7 rings (SSSR count). The second-order valence-electron chi connectivity index (χ2n) is 21.1. The molecule has 2 aromatic heterocycles. The van der Waals surface area contributed by atoms with Crippen molar-refractivity contribution in [3.63, 3.8) is 0 Å². The van der Waals surface area contributed by atoms with Gasteiger partial charge in [0.2, 0.25) is 17.7 Å². The minimum Gasteiger partial charge on any atom is -0.489 e. The van der Waals surface area contributed by atoms with Crippen LogP contribution in [0.2, 0.25) is 5.02 Å². The standard InChI is InChI=1S/C52H68ClN9O7S/c1-31(33-10-12-34(13-11-33)43-32(2)56-30-70-43)57-46(66)40-24-37(63)28-62(40)47(67)44(50(3,4)5)58-42(64)29-68-23-22-60-18-20-61(21-19-60)41-17-15-36(27-55-41)45(65)59-48-51(6,7)49(52(48,8)9)69-38-16-14-35(26-54)39(53)25-38/h10-17,25,27,30-31,37,40,44-45,48-49,59,63,65H,18-24,28-29H2,1-9H3,(H,57,66)(H,58,64)/t31-,37+,40-,44+,45?,48-,49-/m0/s1. The van der Waals surface area contributed by atoms with Crippen molar-refractivity contribution in [1.29, 1.82) is 5.26 Å². The van der Waals surface area contributed by atoms with Crippen LogP contribution in [0.15, 0.2) is 66.3 Å². The molecule has 0 bridgehead atoms. The number of piperazine rings is 1. The third kappa shape index (κ3) is 11.8. The number of aliphatic hydroxyl groups excluding tert-OH is 2. The Morgan fingerprint density at radius 1 is 0.986 bits per heavy atom. The van der Waals surface area contributed by atoms with E-state index in [0.717, 1.165) is 53.7 Å². The highest BCUT2D eigenvalue weighted by atomic mass is 35.5. The van der Waals surface area contributed by atoms with Crippen LogP contribution >= 0.6 is 22.9 Å². The molecule has 1 saturated carbocycles. The highest BCUT2D eigenvalue weighted by Crippen LogP contribution is 2.56. The number of ether oxygens (including phenoxy) is 2. The first-order chi connectivity index (χ1) is 33.1. The van der Waals surface area contributed by atoms with E-state index in [2.05, 4.69) is 64.5 Å². The number of hydrogen-bond donors (Lipinski definition) is 5. The van der Waals surface area contributed by atoms with Gasteiger partial charge in [-0.2, -0.15) is 5.26 Å². The lowest BCUT2D eigenvalue weighted by molar-refractivity contribution is -0.179. The minimum atomic E-state index is -0.961. The molecule has 3 fully saturated rings. The van der Waals surface area contributed by atoms with Crippen LogP contribution in [0.3, 0.4) is 0 Å². The molecule has 3 amide bonds. The van der Waals surface area contributed by atoms with Crippen LogP contribution < -0.4 is 25.6 Å². The number of rotatable bonds is 17. The number of carbonyl (C=O) groups excluding carboxylic acids is 3. The van der Waals surface area contributed by atoms with Gasteiger partial charge in [-0.3, -0.25) is 24.6 Å². The van der Waals surface area contributed by atoms with Gasteiger partial charge in [-0.25, -0.2) is 9.97 Å². The molecule has 70 heavy (non-hydrogen) atoms. The fourth-order valence-electron chi connectivity index (χ4n) is 10.4. The summed E-state index contributed by atoms with van der Waals surface area (Å²) in [4.78, 5) is 57.1. The van der Waals surface area contributed by atoms with Gasteiger partial charge in [-0.1, -0.05) is 84.3 Å². The van der Waals surface area contributed by atoms with Crippen molar-refractivity contribution in [2.75, 3.05) is 57.4 Å². The zero-order valence-electron chi connectivity index (χ0n) is 41.7. The van der Waals surface area contributed by atoms with E-state index in [1.165, 1.54) is 4.90 Å². The van der Waals surface area contributed by atoms with E-state index in [4.69, 9.17) is 26.1 Å². The van der Waals surface area contributed by atoms with Crippen molar-refractivity contribution in [2.45, 2.75) is 111 Å². The number of aryl methyl sites for hydroxylation is 1. The van der Waals surface area contributed by atoms with E-state index in [9.17, 15) is 29.9 Å². The topological polar surface area (TPSA) is 206 Å². The number of halogens is 1. The second kappa shape index (κ2) is 21.7. The molecule has 2 saturated heterocycles. The van der Waals surface area contributed by atoms with Crippen LogP contribution in [0.25, 0.3) is 10.4 Å². The van der Waals surface area contributed by atoms with Crippen molar-refractivity contribution < 1.29 is 34.1 Å². The normalized spacial score (nSPS) is 22.3. The summed E-state index contributed by atoms with van der Waals surface area (Å²) in [7, 11) is 0. The number of pyridine rings is 1. The monoisotopic (exact) mass is 997 g/mol. The number of anilines is 1. The lowest BCUT2D eigenvalue weighted by Gasteiger charge is -2.63. The number of aromatic nitrogens is 2. The van der Waals surface area contributed by atoms with E-state index < -0.39 is 41.6 Å². The largest absolute Gasteiger partial charge is 0.489 e. The fraction of sp³-hybridized carbons (Fsp3) is 0.538. The molecule has 2 aliphatic heterocycles. The minimum absolute atomic E-state index is 0.0155. The van der Waals surface area contributed by atoms with E-state index in [0.29, 0.717) is 35.1 Å². The Hall–Kier alpha value is -5.19. The van der Waals surface area contributed by atoms with Gasteiger partial charge in [0.25, 0.3) is 0 Å². The first kappa shape index (κ1) is 52.6. The van der Waals surface area contributed by atoms with E-state index in [-0.39, 0.29) is 54.5 Å². The SMILES string of the molecule is Cc1ncsc1-c1ccc([C@H](C)NC(=O)[C@@H]2C[C@@H](O)CN2C(=O)[C@@H](NC(=O)COCCN2CCN(c3ccc(C(O)N[C@H]4C(C)(C)[C@H](Oc5ccc(C#N)c(Cl)c5)C4(C)C)cn3)CC2)C(C)(C)C)cc1. The van der Waals surface area contributed by atoms with E-state index in [1.54, 1.807) is 35.7 Å². The first-order valence-corrected chi connectivity index (χ1v) is 25.2. The van der Waals surface area contributed by atoms with Gasteiger partial charge >= 0.3 is 0 Å². The molecule has 1 unspecified atom stereocenters. The zero-order valence-corrected chi connectivity index (χ0v) is 43.2. The smallest absolute Gasteiger partial charge is 0.246 e. The molecule has 0 spiro atoms. The number of thiazole rings is 1. The van der Waals surface area contributed by atoms with Crippen LogP contribution in [-0.2, 0) is 19.1 Å². The number of aliphatic hydroxyl groups is 2. The van der Waals surface area contributed by atoms with Crippen LogP contribution in [0.4, 0.5) is 5.82 Å². The van der Waals surface area contributed by atoms with Gasteiger partial charge in [0.1, 0.15) is 48.7 Å². The molecule has 4 heterocycles. The Balaban J connectivity index is 0.830. The van der Waals surface area contributed by atoms with Gasteiger partial charge in [-0.15, -0.1) is 11.3 Å². The lowest BCUT2D eigenvalue weighted by atomic mass is 9.49. The first-order valence-electron chi connectivity index (χ1n) is 24.0. The summed E-state index contributed by atoms with van der Waals surface area (Å²) >= 11 is 7.84. The number of nitriles is 1. The zero-order chi connectivity index (χ0) is 50.7. The molecule has 2 aromatic carbocycles. The number of carbonyl (C=O) groups is 3. The number of benzene rings is 2. The summed E-state index contributed by atoms with van der Waals surface area (Å²) in [5, 5.41) is 40.9. The predicted molar refractivity (Wildman–Crippen MR) is 270 cm³/mol. The van der Waals surface area contributed by atoms with Gasteiger partial charge in [0, 0.05) is 80.4 Å². The summed E-state index contributed by atoms with van der Waals surface area (Å²) in [6, 6.07) is 16.6. The van der Waals surface area contributed by atoms with E-state index >= 15 is 0 Å². The molecule has 1 aliphatic carbocycles. The number of nitrogens with one attached hydrogen (secondary N) is 3. The maximum absolute atomic E-state index is 14.1. The van der Waals surface area contributed by atoms with Crippen LogP contribution in [0.1, 0.15) is 96.5 Å². The maximum Gasteiger partial charge on any atom is 0.246 e. The Morgan fingerprint density at radius 3 is 2.27 bits per heavy atom. The van der Waals surface area contributed by atoms with Crippen LogP contribution in [0, 0.1) is 34.5 Å². The Kier molecular flexibility index (Phi) is 16.3. The third-order valence-electron chi connectivity index (χ3n) is 14.1. The molecule has 4 aromatic rings. The summed E-state index contributed by atoms with van der Waals surface area (Å²) in [6.07, 6.45) is -0.196. The number of likely N-dealkylation sites (tertiary alicyclic amines) is 1. The third-order valence-corrected chi connectivity index (χ3v) is 15.4. The second-order valence-corrected chi connectivity index (χ2v) is 22.4. The van der Waals surface area contributed by atoms with Crippen LogP contribution in [0.5, 0.6) is 5.75 Å². The Bertz CT molecular complexity index is 2500. The summed E-state index contributed by atoms with van der Waals surface area (Å²) < 4.78 is 12.2. The number of β-amino-alcohol motifs (C(OH)–C–C–N with tert-alkyl or cyclic N) is 1. The van der Waals surface area contributed by atoms with Gasteiger partial charge < -0.3 is 40.1 Å².